The van der Waals surface area contributed by atoms with E-state index < -0.39 is 0 Å². The molecule has 0 spiro atoms. The normalized spacial score (nSPS) is 21.1. The highest BCUT2D eigenvalue weighted by Crippen LogP contribution is 2.34. The van der Waals surface area contributed by atoms with E-state index in [0.717, 1.165) is 5.92 Å². The molecule has 1 atom stereocenters. The number of hydrogen-bond donors (Lipinski definition) is 0. The Balaban J connectivity index is 2.61. The Morgan fingerprint density at radius 1 is 1.09 bits per heavy atom. The van der Waals surface area contributed by atoms with Crippen LogP contribution in [0.25, 0.3) is 0 Å². The highest BCUT2D eigenvalue weighted by atomic mass is 14.3. The van der Waals surface area contributed by atoms with Crippen LogP contribution in [0, 0.1) is 17.3 Å². The van der Waals surface area contributed by atoms with Crippen molar-refractivity contribution in [2.24, 2.45) is 17.3 Å². The van der Waals surface area contributed by atoms with E-state index in [-0.39, 0.29) is 0 Å². The van der Waals surface area contributed by atoms with Crippen LogP contribution in [0.4, 0.5) is 0 Å². The lowest BCUT2D eigenvalue weighted by Crippen LogP contribution is -2.22. The van der Waals surface area contributed by atoms with Crippen LogP contribution in [0.1, 0.15) is 27.7 Å². The van der Waals surface area contributed by atoms with E-state index in [1.807, 2.05) is 0 Å². The van der Waals surface area contributed by atoms with Gasteiger partial charge >= 0.3 is 0 Å². The van der Waals surface area contributed by atoms with Crippen molar-refractivity contribution >= 4 is 0 Å². The van der Waals surface area contributed by atoms with Gasteiger partial charge in [-0.25, -0.2) is 0 Å². The molecule has 0 saturated carbocycles. The second-order valence-electron chi connectivity index (χ2n) is 4.50. The molecule has 1 aliphatic carbocycles. The zero-order chi connectivity index (χ0) is 8.48. The Kier molecular flexibility index (Phi) is 2.22. The third kappa shape index (κ3) is 1.95. The van der Waals surface area contributed by atoms with Crippen molar-refractivity contribution in [2.75, 3.05) is 0 Å². The zero-order valence-electron chi connectivity index (χ0n) is 7.96. The molecule has 0 fully saturated rings. The molecular formula is C11H18. The molecule has 0 heterocycles. The molecule has 0 nitrogen and oxygen atoms in total. The van der Waals surface area contributed by atoms with E-state index in [0.29, 0.717) is 11.3 Å². The first kappa shape index (κ1) is 8.58. The first-order valence-electron chi connectivity index (χ1n) is 4.37. The molecule has 11 heavy (non-hydrogen) atoms. The molecule has 0 radical (unpaired) electrons. The molecular weight excluding hydrogens is 132 g/mol. The van der Waals surface area contributed by atoms with Crippen molar-refractivity contribution in [3.63, 3.8) is 0 Å². The molecule has 0 aliphatic heterocycles. The van der Waals surface area contributed by atoms with Gasteiger partial charge in [0.1, 0.15) is 0 Å². The lowest BCUT2D eigenvalue weighted by atomic mass is 9.75. The maximum atomic E-state index is 2.32. The molecule has 0 bridgehead atoms. The molecule has 0 aromatic heterocycles. The molecule has 0 unspecified atom stereocenters. The SMILES string of the molecule is C[C@@H](C1C=CC=C1)C(C)(C)C. The molecule has 62 valence electrons. The number of rotatable bonds is 1. The van der Waals surface area contributed by atoms with E-state index in [1.54, 1.807) is 0 Å². The predicted molar refractivity (Wildman–Crippen MR) is 50.4 cm³/mol. The van der Waals surface area contributed by atoms with E-state index in [1.165, 1.54) is 0 Å². The molecule has 0 N–H and O–H groups in total. The van der Waals surface area contributed by atoms with E-state index in [2.05, 4.69) is 52.0 Å². The lowest BCUT2D eigenvalue weighted by Gasteiger charge is -2.30. The van der Waals surface area contributed by atoms with Gasteiger partial charge in [-0.2, -0.15) is 0 Å². The van der Waals surface area contributed by atoms with Crippen LogP contribution in [-0.4, -0.2) is 0 Å². The maximum absolute atomic E-state index is 2.32. The number of allylic oxidation sites excluding steroid dienone is 4. The van der Waals surface area contributed by atoms with E-state index in [9.17, 15) is 0 Å². The average molecular weight is 150 g/mol. The van der Waals surface area contributed by atoms with Crippen molar-refractivity contribution in [3.8, 4) is 0 Å². The van der Waals surface area contributed by atoms with Crippen LogP contribution in [0.2, 0.25) is 0 Å². The molecule has 1 rings (SSSR count). The molecule has 0 amide bonds. The van der Waals surface area contributed by atoms with Gasteiger partial charge in [-0.15, -0.1) is 0 Å². The Bertz CT molecular complexity index is 167. The summed E-state index contributed by atoms with van der Waals surface area (Å²) in [5.41, 5.74) is 0.420. The van der Waals surface area contributed by atoms with Crippen LogP contribution in [-0.2, 0) is 0 Å². The minimum Gasteiger partial charge on any atom is -0.0773 e. The summed E-state index contributed by atoms with van der Waals surface area (Å²) in [5, 5.41) is 0. The Hall–Kier alpha value is -0.520. The van der Waals surface area contributed by atoms with Crippen molar-refractivity contribution in [2.45, 2.75) is 27.7 Å². The van der Waals surface area contributed by atoms with Gasteiger partial charge in [0.15, 0.2) is 0 Å². The lowest BCUT2D eigenvalue weighted by molar-refractivity contribution is 0.230. The van der Waals surface area contributed by atoms with Crippen LogP contribution >= 0.6 is 0 Å². The van der Waals surface area contributed by atoms with Crippen molar-refractivity contribution in [1.82, 2.24) is 0 Å². The Morgan fingerprint density at radius 3 is 1.91 bits per heavy atom. The van der Waals surface area contributed by atoms with Gasteiger partial charge < -0.3 is 0 Å². The molecule has 0 heteroatoms. The van der Waals surface area contributed by atoms with Crippen molar-refractivity contribution in [3.05, 3.63) is 24.3 Å². The Morgan fingerprint density at radius 2 is 1.55 bits per heavy atom. The highest BCUT2D eigenvalue weighted by molar-refractivity contribution is 5.18. The Labute approximate surface area is 70.0 Å². The van der Waals surface area contributed by atoms with E-state index >= 15 is 0 Å². The largest absolute Gasteiger partial charge is 0.0773 e. The summed E-state index contributed by atoms with van der Waals surface area (Å²) < 4.78 is 0. The topological polar surface area (TPSA) is 0 Å². The molecule has 0 aromatic carbocycles. The standard InChI is InChI=1S/C11H18/c1-9(11(2,3)4)10-7-5-6-8-10/h5-10H,1-4H3/t9-/m0/s1. The minimum absolute atomic E-state index is 0.420. The molecule has 0 saturated heterocycles. The number of hydrogen-bond acceptors (Lipinski definition) is 0. The maximum Gasteiger partial charge on any atom is -0.00166 e. The van der Waals surface area contributed by atoms with Crippen LogP contribution in [0.5, 0.6) is 0 Å². The van der Waals surface area contributed by atoms with Gasteiger partial charge in [0.25, 0.3) is 0 Å². The fourth-order valence-corrected chi connectivity index (χ4v) is 1.36. The van der Waals surface area contributed by atoms with Crippen molar-refractivity contribution in [1.29, 1.82) is 0 Å². The van der Waals surface area contributed by atoms with Crippen molar-refractivity contribution < 1.29 is 0 Å². The summed E-state index contributed by atoms with van der Waals surface area (Å²) in [7, 11) is 0. The summed E-state index contributed by atoms with van der Waals surface area (Å²) in [6.07, 6.45) is 8.87. The third-order valence-electron chi connectivity index (χ3n) is 2.72. The fourth-order valence-electron chi connectivity index (χ4n) is 1.36. The summed E-state index contributed by atoms with van der Waals surface area (Å²) in [6.45, 7) is 9.23. The molecule has 0 aromatic rings. The van der Waals surface area contributed by atoms with Gasteiger partial charge in [0.05, 0.1) is 0 Å². The van der Waals surface area contributed by atoms with Gasteiger partial charge in [-0.05, 0) is 17.3 Å². The summed E-state index contributed by atoms with van der Waals surface area (Å²) in [4.78, 5) is 0. The van der Waals surface area contributed by atoms with Crippen LogP contribution in [0.15, 0.2) is 24.3 Å². The van der Waals surface area contributed by atoms with Gasteiger partial charge in [0, 0.05) is 0 Å². The van der Waals surface area contributed by atoms with Crippen LogP contribution in [0.3, 0.4) is 0 Å². The van der Waals surface area contributed by atoms with Gasteiger partial charge in [0.2, 0.25) is 0 Å². The van der Waals surface area contributed by atoms with E-state index in [4.69, 9.17) is 0 Å². The highest BCUT2D eigenvalue weighted by Gasteiger charge is 2.25. The second kappa shape index (κ2) is 2.84. The monoisotopic (exact) mass is 150 g/mol. The molecule has 1 aliphatic rings. The average Bonchev–Trinajstić information content (AvgIpc) is 2.34. The first-order valence-corrected chi connectivity index (χ1v) is 4.37. The third-order valence-corrected chi connectivity index (χ3v) is 2.72. The minimum atomic E-state index is 0.420. The quantitative estimate of drug-likeness (QED) is 0.537. The first-order chi connectivity index (χ1) is 5.02. The second-order valence-corrected chi connectivity index (χ2v) is 4.50. The summed E-state index contributed by atoms with van der Waals surface area (Å²) in [5.74, 6) is 1.40. The fraction of sp³-hybridized carbons (Fsp3) is 0.636. The van der Waals surface area contributed by atoms with Gasteiger partial charge in [-0.1, -0.05) is 52.0 Å². The predicted octanol–water partition coefficient (Wildman–Crippen LogP) is 3.41. The van der Waals surface area contributed by atoms with Crippen LogP contribution < -0.4 is 0 Å². The van der Waals surface area contributed by atoms with Gasteiger partial charge in [-0.3, -0.25) is 0 Å². The summed E-state index contributed by atoms with van der Waals surface area (Å²) >= 11 is 0. The smallest absolute Gasteiger partial charge is 0.00166 e. The zero-order valence-corrected chi connectivity index (χ0v) is 7.96. The summed E-state index contributed by atoms with van der Waals surface area (Å²) in [6, 6.07) is 0.